The highest BCUT2D eigenvalue weighted by atomic mass is 127. The van der Waals surface area contributed by atoms with Gasteiger partial charge >= 0.3 is 0 Å². The largest absolute Gasteiger partial charge is 0.0820 e. The van der Waals surface area contributed by atoms with E-state index in [-0.39, 0.29) is 0 Å². The van der Waals surface area contributed by atoms with Crippen molar-refractivity contribution in [2.45, 2.75) is 39.5 Å². The fourth-order valence-corrected chi connectivity index (χ4v) is 6.71. The molecule has 0 nitrogen and oxygen atoms in total. The van der Waals surface area contributed by atoms with E-state index in [1.807, 2.05) is 0 Å². The fourth-order valence-electron chi connectivity index (χ4n) is 3.86. The summed E-state index contributed by atoms with van der Waals surface area (Å²) < 4.78 is 1.78. The van der Waals surface area contributed by atoms with E-state index in [0.29, 0.717) is 0 Å². The van der Waals surface area contributed by atoms with Crippen LogP contribution in [0.15, 0.2) is 0 Å². The zero-order chi connectivity index (χ0) is 8.34. The van der Waals surface area contributed by atoms with Crippen molar-refractivity contribution in [1.29, 1.82) is 0 Å². The molecule has 2 heteroatoms. The van der Waals surface area contributed by atoms with Gasteiger partial charge in [0.1, 0.15) is 0 Å². The molecule has 0 aromatic carbocycles. The van der Waals surface area contributed by atoms with Crippen LogP contribution in [-0.4, -0.2) is 7.35 Å². The molecule has 4 aliphatic rings. The number of hydrogen-bond acceptors (Lipinski definition) is 0. The maximum absolute atomic E-state index is 2.77. The van der Waals surface area contributed by atoms with Crippen LogP contribution in [0.3, 0.4) is 0 Å². The van der Waals surface area contributed by atoms with Crippen LogP contribution in [0.25, 0.3) is 0 Å². The van der Waals surface area contributed by atoms with Gasteiger partial charge in [-0.3, -0.25) is 0 Å². The third-order valence-corrected chi connectivity index (χ3v) is 7.44. The van der Waals surface area contributed by atoms with Gasteiger partial charge in [0.15, 0.2) is 0 Å². The van der Waals surface area contributed by atoms with Gasteiger partial charge in [0, 0.05) is 7.35 Å². The van der Waals surface area contributed by atoms with E-state index in [4.69, 9.17) is 0 Å². The summed E-state index contributed by atoms with van der Waals surface area (Å²) >= 11 is 5.50. The van der Waals surface area contributed by atoms with Crippen LogP contribution < -0.4 is 0 Å². The molecule has 2 atom stereocenters. The minimum Gasteiger partial charge on any atom is -0.0820 e. The molecule has 0 aromatic heterocycles. The van der Waals surface area contributed by atoms with Crippen LogP contribution in [0.4, 0.5) is 0 Å². The van der Waals surface area contributed by atoms with E-state index < -0.39 is 0 Å². The Bertz CT molecular complexity index is 198. The molecular formula is C10H14I2. The molecule has 0 aromatic rings. The highest BCUT2D eigenvalue weighted by molar-refractivity contribution is 14.1. The smallest absolute Gasteiger partial charge is 0.0231 e. The predicted molar refractivity (Wildman–Crippen MR) is 68.1 cm³/mol. The van der Waals surface area contributed by atoms with Gasteiger partial charge < -0.3 is 0 Å². The third kappa shape index (κ3) is 1.19. The Balaban J connectivity index is 1.95. The monoisotopic (exact) mass is 388 g/mol. The minimum atomic E-state index is 0.746. The van der Waals surface area contributed by atoms with Crippen molar-refractivity contribution in [3.05, 3.63) is 0 Å². The van der Waals surface area contributed by atoms with Gasteiger partial charge in [-0.05, 0) is 49.9 Å². The second-order valence-electron chi connectivity index (χ2n) is 5.07. The van der Waals surface area contributed by atoms with Crippen molar-refractivity contribution in [1.82, 2.24) is 0 Å². The molecule has 4 saturated carbocycles. The van der Waals surface area contributed by atoms with Crippen molar-refractivity contribution >= 4 is 45.2 Å². The lowest BCUT2D eigenvalue weighted by molar-refractivity contribution is 0.0585. The summed E-state index contributed by atoms with van der Waals surface area (Å²) in [6.07, 6.45) is 7.75. The van der Waals surface area contributed by atoms with Crippen LogP contribution >= 0.6 is 45.2 Å². The van der Waals surface area contributed by atoms with E-state index in [1.54, 1.807) is 19.3 Å². The topological polar surface area (TPSA) is 0 Å². The minimum absolute atomic E-state index is 0.746. The van der Waals surface area contributed by atoms with Crippen molar-refractivity contribution in [2.24, 2.45) is 17.8 Å². The van der Waals surface area contributed by atoms with Crippen LogP contribution in [0.1, 0.15) is 32.1 Å². The molecular weight excluding hydrogens is 374 g/mol. The van der Waals surface area contributed by atoms with E-state index in [0.717, 1.165) is 25.1 Å². The Morgan fingerprint density at radius 2 is 1.58 bits per heavy atom. The van der Waals surface area contributed by atoms with Gasteiger partial charge in [-0.25, -0.2) is 0 Å². The summed E-state index contributed by atoms with van der Waals surface area (Å²) in [5, 5.41) is 0. The molecule has 4 bridgehead atoms. The number of alkyl halides is 2. The first-order chi connectivity index (χ1) is 5.66. The van der Waals surface area contributed by atoms with Gasteiger partial charge in [-0.1, -0.05) is 45.2 Å². The molecule has 0 radical (unpaired) electrons. The lowest BCUT2D eigenvalue weighted by Gasteiger charge is -2.56. The standard InChI is InChI=1S/C10H14I2/c11-9-7-1-6-2-8(9)5-10(12,3-6)4-7/h6-9H,1-5H2. The quantitative estimate of drug-likeness (QED) is 0.438. The zero-order valence-electron chi connectivity index (χ0n) is 7.10. The Labute approximate surface area is 102 Å². The molecule has 0 aliphatic heterocycles. The molecule has 4 fully saturated rings. The van der Waals surface area contributed by atoms with E-state index >= 15 is 0 Å². The molecule has 0 heterocycles. The van der Waals surface area contributed by atoms with E-state index in [2.05, 4.69) is 45.2 Å². The Kier molecular flexibility index (Phi) is 1.99. The van der Waals surface area contributed by atoms with Gasteiger partial charge in [-0.2, -0.15) is 0 Å². The van der Waals surface area contributed by atoms with Crippen molar-refractivity contribution in [3.63, 3.8) is 0 Å². The van der Waals surface area contributed by atoms with Gasteiger partial charge in [-0.15, -0.1) is 0 Å². The summed E-state index contributed by atoms with van der Waals surface area (Å²) in [5.41, 5.74) is 0. The van der Waals surface area contributed by atoms with Gasteiger partial charge in [0.2, 0.25) is 0 Å². The maximum atomic E-state index is 2.77. The number of hydrogen-bond donors (Lipinski definition) is 0. The average molecular weight is 388 g/mol. The molecule has 0 saturated heterocycles. The van der Waals surface area contributed by atoms with Crippen molar-refractivity contribution < 1.29 is 0 Å². The highest BCUT2D eigenvalue weighted by Crippen LogP contribution is 2.61. The van der Waals surface area contributed by atoms with E-state index in [1.165, 1.54) is 12.8 Å². The summed E-state index contributed by atoms with van der Waals surface area (Å²) in [6.45, 7) is 0. The fraction of sp³-hybridized carbons (Fsp3) is 1.00. The van der Waals surface area contributed by atoms with Gasteiger partial charge in [0.25, 0.3) is 0 Å². The van der Waals surface area contributed by atoms with Crippen molar-refractivity contribution in [3.8, 4) is 0 Å². The van der Waals surface area contributed by atoms with Gasteiger partial charge in [0.05, 0.1) is 0 Å². The molecule has 0 spiro atoms. The Morgan fingerprint density at radius 1 is 1.00 bits per heavy atom. The normalized spacial score (nSPS) is 62.5. The van der Waals surface area contributed by atoms with Crippen LogP contribution in [0, 0.1) is 17.8 Å². The Morgan fingerprint density at radius 3 is 2.08 bits per heavy atom. The number of rotatable bonds is 0. The number of halogens is 2. The van der Waals surface area contributed by atoms with Crippen LogP contribution in [-0.2, 0) is 0 Å². The second-order valence-corrected chi connectivity index (χ2v) is 8.79. The SMILES string of the molecule is IC1C2CC3CC1CC(I)(C3)C2. The highest BCUT2D eigenvalue weighted by Gasteiger charge is 2.53. The van der Waals surface area contributed by atoms with Crippen LogP contribution in [0.5, 0.6) is 0 Å². The Hall–Kier alpha value is 1.46. The summed E-state index contributed by atoms with van der Waals surface area (Å²) in [5.74, 6) is 3.30. The molecule has 4 rings (SSSR count). The summed E-state index contributed by atoms with van der Waals surface area (Å²) in [4.78, 5) is 0. The third-order valence-electron chi connectivity index (χ3n) is 4.08. The van der Waals surface area contributed by atoms with E-state index in [9.17, 15) is 0 Å². The molecule has 68 valence electrons. The lowest BCUT2D eigenvalue weighted by Crippen LogP contribution is -2.52. The average Bonchev–Trinajstić information content (AvgIpc) is 1.96. The van der Waals surface area contributed by atoms with Crippen LogP contribution in [0.2, 0.25) is 0 Å². The molecule has 0 N–H and O–H groups in total. The summed E-state index contributed by atoms with van der Waals surface area (Å²) in [7, 11) is 0. The first kappa shape index (κ1) is 8.74. The second kappa shape index (κ2) is 2.74. The molecule has 4 aliphatic carbocycles. The molecule has 2 unspecified atom stereocenters. The van der Waals surface area contributed by atoms with Crippen molar-refractivity contribution in [2.75, 3.05) is 0 Å². The zero-order valence-corrected chi connectivity index (χ0v) is 11.4. The molecule has 0 amide bonds. The maximum Gasteiger partial charge on any atom is 0.0231 e. The predicted octanol–water partition coefficient (Wildman–Crippen LogP) is 3.80. The summed E-state index contributed by atoms with van der Waals surface area (Å²) in [6, 6.07) is 0. The lowest BCUT2D eigenvalue weighted by atomic mass is 9.56. The first-order valence-corrected chi connectivity index (χ1v) is 7.32. The first-order valence-electron chi connectivity index (χ1n) is 4.99. The molecule has 12 heavy (non-hydrogen) atoms.